The van der Waals surface area contributed by atoms with Crippen LogP contribution in [0.5, 0.6) is 0 Å². The lowest BCUT2D eigenvalue weighted by Gasteiger charge is -1.91. The normalized spacial score (nSPS) is 11.8. The van der Waals surface area contributed by atoms with Crippen LogP contribution in [0.15, 0.2) is 24.3 Å². The Bertz CT molecular complexity index is 120. The molecule has 0 spiro atoms. The van der Waals surface area contributed by atoms with Crippen LogP contribution in [0.25, 0.3) is 0 Å². The third-order valence-corrected chi connectivity index (χ3v) is 1.81. The Labute approximate surface area is 77.4 Å². The highest BCUT2D eigenvalue weighted by atomic mass is 13.9. The first-order valence-corrected chi connectivity index (χ1v) is 5.01. The van der Waals surface area contributed by atoms with Gasteiger partial charge in [-0.15, -0.1) is 0 Å². The molecule has 0 saturated carbocycles. The lowest BCUT2D eigenvalue weighted by atomic mass is 10.2. The average Bonchev–Trinajstić information content (AvgIpc) is 2.10. The molecule has 0 atom stereocenters. The minimum atomic E-state index is 1.13. The molecule has 0 aliphatic rings. The van der Waals surface area contributed by atoms with Gasteiger partial charge in [0, 0.05) is 0 Å². The van der Waals surface area contributed by atoms with E-state index in [1.165, 1.54) is 25.7 Å². The maximum atomic E-state index is 3.64. The minimum absolute atomic E-state index is 1.13. The summed E-state index contributed by atoms with van der Waals surface area (Å²) in [6.07, 6.45) is 16.1. The third-order valence-electron chi connectivity index (χ3n) is 1.81. The Morgan fingerprint density at radius 3 is 2.25 bits per heavy atom. The Hall–Kier alpha value is -0.520. The Kier molecular flexibility index (Phi) is 10.0. The van der Waals surface area contributed by atoms with Gasteiger partial charge in [0.1, 0.15) is 0 Å². The van der Waals surface area contributed by atoms with E-state index in [0.717, 1.165) is 12.8 Å². The van der Waals surface area contributed by atoms with Crippen molar-refractivity contribution >= 4 is 0 Å². The van der Waals surface area contributed by atoms with Crippen LogP contribution in [0.3, 0.4) is 0 Å². The molecule has 0 amide bonds. The molecule has 12 heavy (non-hydrogen) atoms. The fraction of sp³-hybridized carbons (Fsp3) is 0.583. The summed E-state index contributed by atoms with van der Waals surface area (Å²) in [5.74, 6) is 0. The van der Waals surface area contributed by atoms with Crippen molar-refractivity contribution < 1.29 is 0 Å². The fourth-order valence-electron chi connectivity index (χ4n) is 1.06. The van der Waals surface area contributed by atoms with E-state index in [9.17, 15) is 0 Å². The predicted octanol–water partition coefficient (Wildman–Crippen LogP) is 4.29. The van der Waals surface area contributed by atoms with E-state index in [1.807, 2.05) is 6.08 Å². The summed E-state index contributed by atoms with van der Waals surface area (Å²) >= 11 is 0. The lowest BCUT2D eigenvalue weighted by molar-refractivity contribution is 0.728. The molecule has 0 fully saturated rings. The van der Waals surface area contributed by atoms with Crippen molar-refractivity contribution in [3.63, 3.8) is 0 Å². The molecule has 0 aromatic rings. The molecule has 0 aromatic carbocycles. The van der Waals surface area contributed by atoms with Crippen molar-refractivity contribution in [1.82, 2.24) is 0 Å². The molecule has 0 aromatic heterocycles. The van der Waals surface area contributed by atoms with Crippen molar-refractivity contribution in [2.75, 3.05) is 0 Å². The zero-order valence-corrected chi connectivity index (χ0v) is 8.26. The van der Waals surface area contributed by atoms with E-state index in [-0.39, 0.29) is 0 Å². The predicted molar refractivity (Wildman–Crippen MR) is 57.0 cm³/mol. The second-order valence-corrected chi connectivity index (χ2v) is 3.02. The summed E-state index contributed by atoms with van der Waals surface area (Å²) in [7, 11) is 0. The SMILES string of the molecule is [CH2]/C=C/CC/C=C/CCCCC. The first kappa shape index (κ1) is 11.5. The molecule has 0 heterocycles. The molecule has 0 rings (SSSR count). The van der Waals surface area contributed by atoms with Gasteiger partial charge in [-0.1, -0.05) is 44.1 Å². The second-order valence-electron chi connectivity index (χ2n) is 3.02. The Balaban J connectivity index is 3.03. The van der Waals surface area contributed by atoms with Crippen molar-refractivity contribution in [1.29, 1.82) is 0 Å². The van der Waals surface area contributed by atoms with Gasteiger partial charge in [0.2, 0.25) is 0 Å². The Morgan fingerprint density at radius 1 is 0.917 bits per heavy atom. The van der Waals surface area contributed by atoms with Crippen LogP contribution < -0.4 is 0 Å². The molecule has 0 bridgehead atoms. The number of hydrogen-bond donors (Lipinski definition) is 0. The molecule has 0 N–H and O–H groups in total. The van der Waals surface area contributed by atoms with Gasteiger partial charge in [-0.2, -0.15) is 0 Å². The zero-order chi connectivity index (χ0) is 9.07. The maximum absolute atomic E-state index is 3.64. The first-order chi connectivity index (χ1) is 5.91. The summed E-state index contributed by atoms with van der Waals surface area (Å²) < 4.78 is 0. The van der Waals surface area contributed by atoms with Gasteiger partial charge < -0.3 is 0 Å². The smallest absolute Gasteiger partial charge is 0.0316 e. The molecule has 1 radical (unpaired) electrons. The molecule has 0 saturated heterocycles. The van der Waals surface area contributed by atoms with E-state index < -0.39 is 0 Å². The van der Waals surface area contributed by atoms with Crippen molar-refractivity contribution in [2.24, 2.45) is 0 Å². The highest BCUT2D eigenvalue weighted by Gasteiger charge is 1.81. The summed E-state index contributed by atoms with van der Waals surface area (Å²) in [5.41, 5.74) is 0. The van der Waals surface area contributed by atoms with Crippen molar-refractivity contribution in [3.8, 4) is 0 Å². The fourth-order valence-corrected chi connectivity index (χ4v) is 1.06. The zero-order valence-electron chi connectivity index (χ0n) is 8.26. The first-order valence-electron chi connectivity index (χ1n) is 5.01. The van der Waals surface area contributed by atoms with E-state index in [4.69, 9.17) is 0 Å². The van der Waals surface area contributed by atoms with Crippen molar-refractivity contribution in [3.05, 3.63) is 31.2 Å². The molecule has 0 heteroatoms. The molecule has 0 nitrogen and oxygen atoms in total. The molecular formula is C12H21. The second kappa shape index (κ2) is 10.5. The minimum Gasteiger partial charge on any atom is -0.0885 e. The molecule has 69 valence electrons. The summed E-state index contributed by atoms with van der Waals surface area (Å²) in [5, 5.41) is 0. The summed E-state index contributed by atoms with van der Waals surface area (Å²) in [4.78, 5) is 0. The number of unbranched alkanes of at least 4 members (excludes halogenated alkanes) is 4. The van der Waals surface area contributed by atoms with Crippen LogP contribution in [0.1, 0.15) is 45.4 Å². The van der Waals surface area contributed by atoms with Crippen LogP contribution in [0.2, 0.25) is 0 Å². The largest absolute Gasteiger partial charge is 0.0885 e. The molecule has 0 aliphatic carbocycles. The lowest BCUT2D eigenvalue weighted by Crippen LogP contribution is -1.71. The van der Waals surface area contributed by atoms with Crippen molar-refractivity contribution in [2.45, 2.75) is 45.4 Å². The van der Waals surface area contributed by atoms with Gasteiger partial charge in [0.05, 0.1) is 0 Å². The third kappa shape index (κ3) is 9.48. The van der Waals surface area contributed by atoms with E-state index in [1.54, 1.807) is 0 Å². The number of hydrogen-bond acceptors (Lipinski definition) is 0. The monoisotopic (exact) mass is 165 g/mol. The highest BCUT2D eigenvalue weighted by Crippen LogP contribution is 2.01. The van der Waals surface area contributed by atoms with Crippen LogP contribution in [-0.4, -0.2) is 0 Å². The standard InChI is InChI=1S/C12H21/c1-3-5-7-9-11-12-10-8-6-4-2/h3,5,11-12H,1,4,6-10H2,2H3/b5-3+,12-11+. The van der Waals surface area contributed by atoms with Crippen LogP contribution in [0, 0.1) is 6.92 Å². The number of allylic oxidation sites excluding steroid dienone is 4. The van der Waals surface area contributed by atoms with Gasteiger partial charge in [0.25, 0.3) is 0 Å². The molecule has 0 unspecified atom stereocenters. The van der Waals surface area contributed by atoms with Crippen LogP contribution >= 0.6 is 0 Å². The summed E-state index contributed by atoms with van der Waals surface area (Å²) in [6.45, 7) is 5.88. The van der Waals surface area contributed by atoms with Crippen LogP contribution in [0.4, 0.5) is 0 Å². The number of rotatable bonds is 7. The molecule has 0 aliphatic heterocycles. The highest BCUT2D eigenvalue weighted by molar-refractivity contribution is 4.88. The van der Waals surface area contributed by atoms with E-state index >= 15 is 0 Å². The van der Waals surface area contributed by atoms with Gasteiger partial charge >= 0.3 is 0 Å². The van der Waals surface area contributed by atoms with Gasteiger partial charge in [-0.05, 0) is 32.6 Å². The van der Waals surface area contributed by atoms with Gasteiger partial charge in [0.15, 0.2) is 0 Å². The topological polar surface area (TPSA) is 0 Å². The quantitative estimate of drug-likeness (QED) is 0.390. The summed E-state index contributed by atoms with van der Waals surface area (Å²) in [6, 6.07) is 0. The van der Waals surface area contributed by atoms with E-state index in [2.05, 4.69) is 32.1 Å². The average molecular weight is 165 g/mol. The van der Waals surface area contributed by atoms with Gasteiger partial charge in [-0.25, -0.2) is 0 Å². The van der Waals surface area contributed by atoms with Crippen LogP contribution in [-0.2, 0) is 0 Å². The molecular weight excluding hydrogens is 144 g/mol. The van der Waals surface area contributed by atoms with Gasteiger partial charge in [-0.3, -0.25) is 0 Å². The van der Waals surface area contributed by atoms with E-state index in [0.29, 0.717) is 0 Å². The Morgan fingerprint density at radius 2 is 1.58 bits per heavy atom. The maximum Gasteiger partial charge on any atom is -0.0316 e.